The van der Waals surface area contributed by atoms with Crippen LogP contribution in [0.15, 0.2) is 6.20 Å². The second-order valence-electron chi connectivity index (χ2n) is 2.23. The number of ether oxygens (including phenoxy) is 1. The van der Waals surface area contributed by atoms with E-state index < -0.39 is 6.43 Å². The van der Waals surface area contributed by atoms with E-state index in [1.807, 2.05) is 6.92 Å². The summed E-state index contributed by atoms with van der Waals surface area (Å²) >= 11 is 0. The maximum absolute atomic E-state index is 12.2. The predicted molar refractivity (Wildman–Crippen MR) is 39.4 cm³/mol. The van der Waals surface area contributed by atoms with Gasteiger partial charge < -0.3 is 4.74 Å². The van der Waals surface area contributed by atoms with Gasteiger partial charge in [0.25, 0.3) is 6.43 Å². The lowest BCUT2D eigenvalue weighted by Gasteiger charge is -2.04. The zero-order chi connectivity index (χ0) is 9.14. The van der Waals surface area contributed by atoms with Gasteiger partial charge in [-0.05, 0) is 6.92 Å². The van der Waals surface area contributed by atoms with Crippen LogP contribution in [0, 0.1) is 0 Å². The molecule has 0 aliphatic rings. The highest BCUT2D eigenvalue weighted by Crippen LogP contribution is 2.28. The van der Waals surface area contributed by atoms with Crippen LogP contribution in [0.1, 0.15) is 18.9 Å². The van der Waals surface area contributed by atoms with Gasteiger partial charge in [0.05, 0.1) is 18.9 Å². The Kier molecular flexibility index (Phi) is 2.62. The van der Waals surface area contributed by atoms with Crippen LogP contribution in [0.25, 0.3) is 0 Å². The van der Waals surface area contributed by atoms with Gasteiger partial charge in [0.1, 0.15) is 0 Å². The molecule has 0 saturated carbocycles. The van der Waals surface area contributed by atoms with E-state index in [0.29, 0.717) is 6.54 Å². The number of rotatable bonds is 3. The molecule has 3 nitrogen and oxygen atoms in total. The highest BCUT2D eigenvalue weighted by molar-refractivity contribution is 5.25. The Hall–Kier alpha value is -1.13. The minimum Gasteiger partial charge on any atom is -0.481 e. The van der Waals surface area contributed by atoms with E-state index in [-0.39, 0.29) is 11.4 Å². The third kappa shape index (κ3) is 1.39. The van der Waals surface area contributed by atoms with E-state index >= 15 is 0 Å². The summed E-state index contributed by atoms with van der Waals surface area (Å²) in [5.41, 5.74) is -0.153. The summed E-state index contributed by atoms with van der Waals surface area (Å²) in [7, 11) is 1.36. The smallest absolute Gasteiger partial charge is 0.270 e. The van der Waals surface area contributed by atoms with Gasteiger partial charge in [-0.25, -0.2) is 13.5 Å². The number of aromatic nitrogens is 2. The molecule has 68 valence electrons. The predicted octanol–water partition coefficient (Wildman–Crippen LogP) is 1.85. The Labute approximate surface area is 68.9 Å². The van der Waals surface area contributed by atoms with Crippen molar-refractivity contribution in [1.29, 1.82) is 0 Å². The van der Waals surface area contributed by atoms with Crippen LogP contribution in [0.4, 0.5) is 8.78 Å². The SMILES string of the molecule is CCn1ncc(C(F)F)c1OC. The van der Waals surface area contributed by atoms with Crippen molar-refractivity contribution in [3.05, 3.63) is 11.8 Å². The van der Waals surface area contributed by atoms with E-state index in [9.17, 15) is 8.78 Å². The van der Waals surface area contributed by atoms with Gasteiger partial charge in [-0.15, -0.1) is 0 Å². The quantitative estimate of drug-likeness (QED) is 0.702. The maximum Gasteiger partial charge on any atom is 0.270 e. The normalized spacial score (nSPS) is 10.8. The van der Waals surface area contributed by atoms with Gasteiger partial charge in [-0.3, -0.25) is 0 Å². The monoisotopic (exact) mass is 176 g/mol. The Morgan fingerprint density at radius 2 is 2.33 bits per heavy atom. The summed E-state index contributed by atoms with van der Waals surface area (Å²) in [4.78, 5) is 0. The van der Waals surface area contributed by atoms with Crippen molar-refractivity contribution >= 4 is 0 Å². The Morgan fingerprint density at radius 3 is 2.75 bits per heavy atom. The Morgan fingerprint density at radius 1 is 1.67 bits per heavy atom. The first kappa shape index (κ1) is 8.96. The molecular formula is C7H10F2N2O. The zero-order valence-electron chi connectivity index (χ0n) is 6.92. The molecular weight excluding hydrogens is 166 g/mol. The van der Waals surface area contributed by atoms with E-state index in [1.54, 1.807) is 0 Å². The van der Waals surface area contributed by atoms with E-state index in [2.05, 4.69) is 5.10 Å². The van der Waals surface area contributed by atoms with Crippen LogP contribution in [0.2, 0.25) is 0 Å². The summed E-state index contributed by atoms with van der Waals surface area (Å²) in [6, 6.07) is 0. The third-order valence-corrected chi connectivity index (χ3v) is 1.55. The lowest BCUT2D eigenvalue weighted by molar-refractivity contribution is 0.146. The fourth-order valence-electron chi connectivity index (χ4n) is 0.987. The van der Waals surface area contributed by atoms with Gasteiger partial charge in [-0.1, -0.05) is 0 Å². The van der Waals surface area contributed by atoms with Crippen molar-refractivity contribution in [3.63, 3.8) is 0 Å². The van der Waals surface area contributed by atoms with E-state index in [4.69, 9.17) is 4.74 Å². The van der Waals surface area contributed by atoms with Crippen LogP contribution in [0.3, 0.4) is 0 Å². The molecule has 1 aromatic rings. The lowest BCUT2D eigenvalue weighted by atomic mass is 10.3. The second-order valence-corrected chi connectivity index (χ2v) is 2.23. The van der Waals surface area contributed by atoms with Crippen molar-refractivity contribution in [2.45, 2.75) is 19.9 Å². The molecule has 0 aliphatic heterocycles. The van der Waals surface area contributed by atoms with Gasteiger partial charge in [0, 0.05) is 6.54 Å². The van der Waals surface area contributed by atoms with Crippen molar-refractivity contribution < 1.29 is 13.5 Å². The average Bonchev–Trinajstić information content (AvgIpc) is 2.46. The number of nitrogens with zero attached hydrogens (tertiary/aromatic N) is 2. The second kappa shape index (κ2) is 3.51. The molecule has 0 N–H and O–H groups in total. The molecule has 0 radical (unpaired) electrons. The van der Waals surface area contributed by atoms with Gasteiger partial charge in [0.2, 0.25) is 5.88 Å². The first-order chi connectivity index (χ1) is 5.70. The third-order valence-electron chi connectivity index (χ3n) is 1.55. The number of aryl methyl sites for hydroxylation is 1. The molecule has 0 amide bonds. The van der Waals surface area contributed by atoms with Crippen molar-refractivity contribution in [2.24, 2.45) is 0 Å². The molecule has 12 heavy (non-hydrogen) atoms. The highest BCUT2D eigenvalue weighted by Gasteiger charge is 2.18. The molecule has 0 atom stereocenters. The fourth-order valence-corrected chi connectivity index (χ4v) is 0.987. The molecule has 0 unspecified atom stereocenters. The number of hydrogen-bond donors (Lipinski definition) is 0. The van der Waals surface area contributed by atoms with Crippen LogP contribution < -0.4 is 4.74 Å². The van der Waals surface area contributed by atoms with Crippen LogP contribution >= 0.6 is 0 Å². The van der Waals surface area contributed by atoms with Crippen molar-refractivity contribution in [3.8, 4) is 5.88 Å². The highest BCUT2D eigenvalue weighted by atomic mass is 19.3. The summed E-state index contributed by atoms with van der Waals surface area (Å²) in [5, 5.41) is 3.74. The number of alkyl halides is 2. The fraction of sp³-hybridized carbons (Fsp3) is 0.571. The molecule has 1 heterocycles. The number of hydrogen-bond acceptors (Lipinski definition) is 2. The van der Waals surface area contributed by atoms with Crippen molar-refractivity contribution in [2.75, 3.05) is 7.11 Å². The van der Waals surface area contributed by atoms with Crippen LogP contribution in [0.5, 0.6) is 5.88 Å². The molecule has 1 aromatic heterocycles. The van der Waals surface area contributed by atoms with E-state index in [0.717, 1.165) is 6.20 Å². The topological polar surface area (TPSA) is 27.1 Å². The molecule has 0 spiro atoms. The zero-order valence-corrected chi connectivity index (χ0v) is 6.92. The van der Waals surface area contributed by atoms with Gasteiger partial charge in [-0.2, -0.15) is 5.10 Å². The lowest BCUT2D eigenvalue weighted by Crippen LogP contribution is -2.00. The summed E-state index contributed by atoms with van der Waals surface area (Å²) in [6.45, 7) is 2.33. The number of halogens is 2. The van der Waals surface area contributed by atoms with E-state index in [1.165, 1.54) is 11.8 Å². The van der Waals surface area contributed by atoms with Crippen LogP contribution in [-0.4, -0.2) is 16.9 Å². The van der Waals surface area contributed by atoms with Gasteiger partial charge >= 0.3 is 0 Å². The minimum absolute atomic E-state index is 0.146. The molecule has 0 bridgehead atoms. The van der Waals surface area contributed by atoms with Crippen molar-refractivity contribution in [1.82, 2.24) is 9.78 Å². The first-order valence-corrected chi connectivity index (χ1v) is 3.58. The molecule has 1 rings (SSSR count). The summed E-state index contributed by atoms with van der Waals surface area (Å²) in [5.74, 6) is 0.146. The average molecular weight is 176 g/mol. The maximum atomic E-state index is 12.2. The standard InChI is InChI=1S/C7H10F2N2O/c1-3-11-7(12-2)5(4-10-11)6(8)9/h4,6H,3H2,1-2H3. The summed E-state index contributed by atoms with van der Waals surface area (Å²) < 4.78 is 30.6. The molecule has 0 aliphatic carbocycles. The molecule has 0 fully saturated rings. The summed E-state index contributed by atoms with van der Waals surface area (Å²) in [6.07, 6.45) is -1.40. The largest absolute Gasteiger partial charge is 0.481 e. The molecule has 0 aromatic carbocycles. The number of methoxy groups -OCH3 is 1. The minimum atomic E-state index is -2.53. The Balaban J connectivity index is 3.05. The Bertz CT molecular complexity index is 260. The molecule has 0 saturated heterocycles. The van der Waals surface area contributed by atoms with Gasteiger partial charge in [0.15, 0.2) is 0 Å². The molecule has 5 heteroatoms. The first-order valence-electron chi connectivity index (χ1n) is 3.58. The van der Waals surface area contributed by atoms with Crippen LogP contribution in [-0.2, 0) is 6.54 Å².